The summed E-state index contributed by atoms with van der Waals surface area (Å²) in [6, 6.07) is 9.56. The van der Waals surface area contributed by atoms with Gasteiger partial charge in [-0.15, -0.1) is 11.3 Å². The Kier molecular flexibility index (Phi) is 6.31. The van der Waals surface area contributed by atoms with Crippen LogP contribution in [0.4, 0.5) is 21.0 Å². The van der Waals surface area contributed by atoms with Crippen LogP contribution < -0.4 is 20.1 Å². The highest BCUT2D eigenvalue weighted by atomic mass is 32.1. The van der Waals surface area contributed by atoms with Gasteiger partial charge < -0.3 is 24.6 Å². The molecule has 2 aliphatic heterocycles. The average Bonchev–Trinajstić information content (AvgIpc) is 3.05. The van der Waals surface area contributed by atoms with Crippen LogP contribution in [0.25, 0.3) is 5.82 Å². The quantitative estimate of drug-likeness (QED) is 0.692. The number of fused-ring (bicyclic) bond motifs is 2. The molecular weight excluding hydrogens is 442 g/mol. The first-order valence-electron chi connectivity index (χ1n) is 10.8. The van der Waals surface area contributed by atoms with Gasteiger partial charge in [-0.25, -0.2) is 19.5 Å². The fraction of sp³-hybridized carbons (Fsp3) is 0.435. The van der Waals surface area contributed by atoms with Crippen LogP contribution in [0, 0.1) is 6.92 Å². The van der Waals surface area contributed by atoms with Gasteiger partial charge in [-0.1, -0.05) is 12.1 Å². The number of benzene rings is 1. The molecule has 2 amide bonds. The van der Waals surface area contributed by atoms with Gasteiger partial charge in [0, 0.05) is 52.0 Å². The molecule has 0 spiro atoms. The van der Waals surface area contributed by atoms with Gasteiger partial charge in [0.1, 0.15) is 10.5 Å². The molecule has 9 nitrogen and oxygen atoms in total. The molecule has 0 saturated carbocycles. The third-order valence-corrected chi connectivity index (χ3v) is 6.44. The Hall–Kier alpha value is -3.11. The van der Waals surface area contributed by atoms with Gasteiger partial charge in [0.2, 0.25) is 0 Å². The number of carbonyl (C=O) groups excluding carboxylic acids is 2. The summed E-state index contributed by atoms with van der Waals surface area (Å²) >= 11 is 1.59. The van der Waals surface area contributed by atoms with E-state index in [1.54, 1.807) is 16.2 Å². The second kappa shape index (κ2) is 9.03. The van der Waals surface area contributed by atoms with Crippen LogP contribution in [0.5, 0.6) is 0 Å². The number of thiophene rings is 1. The smallest absolute Gasteiger partial charge is 0.407 e. The molecule has 176 valence electrons. The van der Waals surface area contributed by atoms with Crippen molar-refractivity contribution >= 4 is 40.7 Å². The highest BCUT2D eigenvalue weighted by molar-refractivity contribution is 7.09. The van der Waals surface area contributed by atoms with Crippen LogP contribution in [0.1, 0.15) is 18.7 Å². The SMILES string of the molecule is CNC(=O)OC(C)(C)OC(=O)N1C(N2CCN(C)CC2)=c2cc(C)sc2=Nc2ccccc21. The fourth-order valence-corrected chi connectivity index (χ4v) is 4.79. The number of aryl methyl sites for hydroxylation is 1. The number of nitrogens with zero attached hydrogens (tertiary/aromatic N) is 4. The Morgan fingerprint density at radius 3 is 2.52 bits per heavy atom. The Labute approximate surface area is 196 Å². The predicted molar refractivity (Wildman–Crippen MR) is 127 cm³/mol. The van der Waals surface area contributed by atoms with Crippen LogP contribution in [-0.4, -0.2) is 68.0 Å². The van der Waals surface area contributed by atoms with Gasteiger partial charge in [0.25, 0.3) is 5.79 Å². The topological polar surface area (TPSA) is 86.7 Å². The van der Waals surface area contributed by atoms with E-state index in [0.29, 0.717) is 11.4 Å². The van der Waals surface area contributed by atoms with Crippen molar-refractivity contribution in [2.75, 3.05) is 45.2 Å². The highest BCUT2D eigenvalue weighted by Crippen LogP contribution is 2.35. The summed E-state index contributed by atoms with van der Waals surface area (Å²) in [6.07, 6.45) is -1.32. The molecule has 1 fully saturated rings. The lowest BCUT2D eigenvalue weighted by atomic mass is 10.2. The Bertz CT molecular complexity index is 1180. The van der Waals surface area contributed by atoms with Gasteiger partial charge in [0.15, 0.2) is 0 Å². The molecule has 0 atom stereocenters. The normalized spacial score (nSPS) is 16.3. The fourth-order valence-electron chi connectivity index (χ4n) is 3.90. The first-order valence-corrected chi connectivity index (χ1v) is 11.7. The van der Waals surface area contributed by atoms with E-state index in [0.717, 1.165) is 46.8 Å². The number of para-hydroxylation sites is 2. The lowest BCUT2D eigenvalue weighted by molar-refractivity contribution is -0.131. The number of rotatable bonds is 3. The Balaban J connectivity index is 1.85. The number of hydrogen-bond donors (Lipinski definition) is 1. The zero-order chi connectivity index (χ0) is 23.8. The third kappa shape index (κ3) is 4.81. The van der Waals surface area contributed by atoms with Crippen LogP contribution >= 0.6 is 11.3 Å². The minimum absolute atomic E-state index is 0.619. The van der Waals surface area contributed by atoms with Crippen molar-refractivity contribution in [3.63, 3.8) is 0 Å². The number of piperazine rings is 1. The second-order valence-corrected chi connectivity index (χ2v) is 9.77. The van der Waals surface area contributed by atoms with Gasteiger partial charge in [-0.2, -0.15) is 0 Å². The maximum absolute atomic E-state index is 13.7. The zero-order valence-corrected chi connectivity index (χ0v) is 20.4. The monoisotopic (exact) mass is 471 g/mol. The molecule has 2 aromatic rings. The maximum atomic E-state index is 13.7. The number of alkyl carbamates (subject to hydrolysis) is 1. The molecule has 10 heteroatoms. The van der Waals surface area contributed by atoms with Crippen LogP contribution in [-0.2, 0) is 9.47 Å². The van der Waals surface area contributed by atoms with Crippen molar-refractivity contribution in [1.82, 2.24) is 15.1 Å². The average molecular weight is 472 g/mol. The molecule has 1 aromatic heterocycles. The molecule has 1 saturated heterocycles. The third-order valence-electron chi connectivity index (χ3n) is 5.49. The van der Waals surface area contributed by atoms with E-state index < -0.39 is 18.0 Å². The Morgan fingerprint density at radius 1 is 1.12 bits per heavy atom. The minimum Gasteiger partial charge on any atom is -0.407 e. The minimum atomic E-state index is -1.48. The van der Waals surface area contributed by atoms with Gasteiger partial charge in [-0.3, -0.25) is 0 Å². The van der Waals surface area contributed by atoms with Crippen molar-refractivity contribution in [1.29, 1.82) is 0 Å². The number of nitrogens with one attached hydrogen (secondary N) is 1. The summed E-state index contributed by atoms with van der Waals surface area (Å²) < 4.78 is 11.9. The number of hydrogen-bond acceptors (Lipinski definition) is 8. The van der Waals surface area contributed by atoms with Gasteiger partial charge in [0.05, 0.1) is 16.6 Å². The summed E-state index contributed by atoms with van der Waals surface area (Å²) in [7, 11) is 3.54. The van der Waals surface area contributed by atoms with E-state index in [1.165, 1.54) is 20.9 Å². The molecule has 0 aliphatic carbocycles. The van der Waals surface area contributed by atoms with Crippen LogP contribution in [0.15, 0.2) is 35.3 Å². The molecular formula is C23H29N5O4S. The lowest BCUT2D eigenvalue weighted by Crippen LogP contribution is -2.52. The molecule has 3 heterocycles. The molecule has 0 bridgehead atoms. The molecule has 33 heavy (non-hydrogen) atoms. The second-order valence-electron chi connectivity index (χ2n) is 8.53. The van der Waals surface area contributed by atoms with Crippen molar-refractivity contribution < 1.29 is 19.1 Å². The van der Waals surface area contributed by atoms with Crippen molar-refractivity contribution in [3.8, 4) is 0 Å². The summed E-state index contributed by atoms with van der Waals surface area (Å²) in [5.74, 6) is -0.743. The molecule has 2 aliphatic rings. The summed E-state index contributed by atoms with van der Waals surface area (Å²) in [5.41, 5.74) is 1.29. The summed E-state index contributed by atoms with van der Waals surface area (Å²) in [6.45, 7) is 8.34. The van der Waals surface area contributed by atoms with E-state index in [9.17, 15) is 9.59 Å². The standard InChI is InChI=1S/C23H29N5O4S/c1-15-14-16-19(33-15)25-17-8-6-7-9-18(17)28(20(16)27-12-10-26(5)11-13-27)22(30)32-23(2,3)31-21(29)24-4/h6-9,14H,10-13H2,1-5H3,(H,24,29). The Morgan fingerprint density at radius 2 is 1.82 bits per heavy atom. The predicted octanol–water partition coefficient (Wildman–Crippen LogP) is 2.37. The molecule has 1 N–H and O–H groups in total. The van der Waals surface area contributed by atoms with E-state index in [1.807, 2.05) is 31.2 Å². The highest BCUT2D eigenvalue weighted by Gasteiger charge is 2.36. The van der Waals surface area contributed by atoms with Gasteiger partial charge >= 0.3 is 12.2 Å². The van der Waals surface area contributed by atoms with E-state index >= 15 is 0 Å². The molecule has 0 radical (unpaired) electrons. The molecule has 0 unspecified atom stereocenters. The summed E-state index contributed by atoms with van der Waals surface area (Å²) in [5, 5.41) is 3.27. The molecule has 4 rings (SSSR count). The largest absolute Gasteiger partial charge is 0.423 e. The molecule has 1 aromatic carbocycles. The first kappa shape index (κ1) is 23.1. The maximum Gasteiger partial charge on any atom is 0.423 e. The number of ether oxygens (including phenoxy) is 2. The van der Waals surface area contributed by atoms with Crippen LogP contribution in [0.2, 0.25) is 0 Å². The van der Waals surface area contributed by atoms with E-state index in [-0.39, 0.29) is 0 Å². The van der Waals surface area contributed by atoms with Gasteiger partial charge in [-0.05, 0) is 32.2 Å². The summed E-state index contributed by atoms with van der Waals surface area (Å²) in [4.78, 5) is 37.5. The van der Waals surface area contributed by atoms with Crippen molar-refractivity contribution in [2.24, 2.45) is 4.99 Å². The number of likely N-dealkylation sites (N-methyl/N-ethyl adjacent to an activating group) is 1. The number of carbonyl (C=O) groups is 2. The zero-order valence-electron chi connectivity index (χ0n) is 19.5. The van der Waals surface area contributed by atoms with Crippen molar-refractivity contribution in [3.05, 3.63) is 45.1 Å². The van der Waals surface area contributed by atoms with E-state index in [2.05, 4.69) is 28.2 Å². The number of anilines is 1. The number of amides is 2. The first-order chi connectivity index (χ1) is 15.7. The van der Waals surface area contributed by atoms with Crippen molar-refractivity contribution in [2.45, 2.75) is 26.6 Å². The van der Waals surface area contributed by atoms with Crippen LogP contribution in [0.3, 0.4) is 0 Å². The van der Waals surface area contributed by atoms with E-state index in [4.69, 9.17) is 14.5 Å². The lowest BCUT2D eigenvalue weighted by Gasteiger charge is -2.39.